The number of carbonyl (C=O) groups is 1. The fourth-order valence-corrected chi connectivity index (χ4v) is 2.72. The number of halogens is 3. The minimum Gasteiger partial charge on any atom is -0.352 e. The maximum atomic E-state index is 13.5. The SMILES string of the molecule is Cl.Cl.O=C(NCCCN1CCNCC1)c1cc(F)cc2[nH]cnc12. The van der Waals surface area contributed by atoms with Crippen LogP contribution in [0, 0.1) is 5.82 Å². The lowest BCUT2D eigenvalue weighted by Gasteiger charge is -2.27. The molecule has 1 fully saturated rings. The van der Waals surface area contributed by atoms with Crippen molar-refractivity contribution in [2.75, 3.05) is 39.3 Å². The van der Waals surface area contributed by atoms with Crippen LogP contribution in [0.25, 0.3) is 11.0 Å². The smallest absolute Gasteiger partial charge is 0.253 e. The molecular weight excluding hydrogens is 356 g/mol. The van der Waals surface area contributed by atoms with Crippen LogP contribution < -0.4 is 10.6 Å². The van der Waals surface area contributed by atoms with Crippen molar-refractivity contribution < 1.29 is 9.18 Å². The number of piperazine rings is 1. The van der Waals surface area contributed by atoms with Crippen molar-refractivity contribution in [1.29, 1.82) is 0 Å². The van der Waals surface area contributed by atoms with Crippen LogP contribution in [-0.2, 0) is 0 Å². The Kier molecular flexibility index (Phi) is 8.41. The van der Waals surface area contributed by atoms with Gasteiger partial charge in [-0.15, -0.1) is 24.8 Å². The Morgan fingerprint density at radius 2 is 2.04 bits per heavy atom. The Bertz CT molecular complexity index is 660. The highest BCUT2D eigenvalue weighted by Gasteiger charge is 2.14. The summed E-state index contributed by atoms with van der Waals surface area (Å²) in [6, 6.07) is 2.57. The van der Waals surface area contributed by atoms with E-state index in [1.807, 2.05) is 0 Å². The van der Waals surface area contributed by atoms with Crippen molar-refractivity contribution in [3.63, 3.8) is 0 Å². The summed E-state index contributed by atoms with van der Waals surface area (Å²) in [6.07, 6.45) is 2.34. The van der Waals surface area contributed by atoms with Gasteiger partial charge in [0.2, 0.25) is 0 Å². The third-order valence-corrected chi connectivity index (χ3v) is 3.88. The molecule has 0 radical (unpaired) electrons. The minimum atomic E-state index is -0.442. The van der Waals surface area contributed by atoms with Crippen LogP contribution >= 0.6 is 24.8 Å². The molecule has 1 amide bonds. The molecule has 2 heterocycles. The van der Waals surface area contributed by atoms with Crippen molar-refractivity contribution >= 4 is 41.8 Å². The Morgan fingerprint density at radius 3 is 2.79 bits per heavy atom. The molecule has 3 rings (SSSR count). The summed E-state index contributed by atoms with van der Waals surface area (Å²) in [6.45, 7) is 5.67. The van der Waals surface area contributed by atoms with E-state index < -0.39 is 5.82 Å². The zero-order valence-electron chi connectivity index (χ0n) is 13.2. The van der Waals surface area contributed by atoms with E-state index in [1.54, 1.807) is 0 Å². The number of imidazole rings is 1. The molecule has 1 saturated heterocycles. The van der Waals surface area contributed by atoms with Gasteiger partial charge in [-0.3, -0.25) is 4.79 Å². The third-order valence-electron chi connectivity index (χ3n) is 3.88. The molecule has 1 aliphatic rings. The maximum Gasteiger partial charge on any atom is 0.253 e. The lowest BCUT2D eigenvalue weighted by molar-refractivity contribution is 0.0952. The highest BCUT2D eigenvalue weighted by molar-refractivity contribution is 6.04. The number of aromatic nitrogens is 2. The first kappa shape index (κ1) is 20.6. The molecule has 0 unspecified atom stereocenters. The number of benzene rings is 1. The standard InChI is InChI=1S/C15H20FN5O.2ClH/c16-11-8-12(14-13(9-11)19-10-20-14)15(22)18-2-1-5-21-6-3-17-4-7-21;;/h8-10,17H,1-7H2,(H,18,22)(H,19,20);2*1H. The summed E-state index contributed by atoms with van der Waals surface area (Å²) in [5.41, 5.74) is 1.31. The number of rotatable bonds is 5. The Balaban J connectivity index is 0.00000144. The molecule has 1 aliphatic heterocycles. The molecule has 2 aromatic rings. The first-order chi connectivity index (χ1) is 10.7. The van der Waals surface area contributed by atoms with E-state index in [0.29, 0.717) is 17.6 Å². The number of hydrogen-bond acceptors (Lipinski definition) is 4. The van der Waals surface area contributed by atoms with Gasteiger partial charge in [-0.05, 0) is 25.1 Å². The first-order valence-electron chi connectivity index (χ1n) is 7.58. The predicted octanol–water partition coefficient (Wildman–Crippen LogP) is 1.57. The van der Waals surface area contributed by atoms with E-state index in [9.17, 15) is 9.18 Å². The molecule has 6 nitrogen and oxygen atoms in total. The number of hydrogen-bond donors (Lipinski definition) is 3. The highest BCUT2D eigenvalue weighted by Crippen LogP contribution is 2.17. The number of H-pyrrole nitrogens is 1. The Labute approximate surface area is 152 Å². The fraction of sp³-hybridized carbons (Fsp3) is 0.467. The molecule has 0 aliphatic carbocycles. The zero-order valence-corrected chi connectivity index (χ0v) is 14.8. The van der Waals surface area contributed by atoms with Gasteiger partial charge in [0, 0.05) is 32.7 Å². The Morgan fingerprint density at radius 1 is 1.29 bits per heavy atom. The molecule has 134 valence electrons. The normalized spacial score (nSPS) is 14.7. The maximum absolute atomic E-state index is 13.5. The van der Waals surface area contributed by atoms with Crippen LogP contribution in [0.3, 0.4) is 0 Å². The molecule has 3 N–H and O–H groups in total. The lowest BCUT2D eigenvalue weighted by Crippen LogP contribution is -2.44. The molecular formula is C15H22Cl2FN5O. The highest BCUT2D eigenvalue weighted by atomic mass is 35.5. The monoisotopic (exact) mass is 377 g/mol. The van der Waals surface area contributed by atoms with Crippen molar-refractivity contribution in [2.24, 2.45) is 0 Å². The molecule has 1 aromatic heterocycles. The quantitative estimate of drug-likeness (QED) is 0.691. The van der Waals surface area contributed by atoms with E-state index in [0.717, 1.165) is 39.1 Å². The van der Waals surface area contributed by atoms with Crippen molar-refractivity contribution in [2.45, 2.75) is 6.42 Å². The number of carbonyl (C=O) groups excluding carboxylic acids is 1. The Hall–Kier alpha value is -1.41. The number of amides is 1. The summed E-state index contributed by atoms with van der Waals surface area (Å²) in [5, 5.41) is 6.15. The first-order valence-corrected chi connectivity index (χ1v) is 7.58. The zero-order chi connectivity index (χ0) is 15.4. The van der Waals surface area contributed by atoms with Crippen LogP contribution in [0.1, 0.15) is 16.8 Å². The number of aromatic amines is 1. The average molecular weight is 378 g/mol. The molecule has 0 bridgehead atoms. The van der Waals surface area contributed by atoms with Crippen LogP contribution in [0.2, 0.25) is 0 Å². The van der Waals surface area contributed by atoms with Gasteiger partial charge in [0.05, 0.1) is 17.4 Å². The van der Waals surface area contributed by atoms with Gasteiger partial charge in [0.1, 0.15) is 11.3 Å². The van der Waals surface area contributed by atoms with E-state index in [2.05, 4.69) is 25.5 Å². The molecule has 0 spiro atoms. The summed E-state index contributed by atoms with van der Waals surface area (Å²) >= 11 is 0. The minimum absolute atomic E-state index is 0. The van der Waals surface area contributed by atoms with Gasteiger partial charge in [0.25, 0.3) is 5.91 Å². The van der Waals surface area contributed by atoms with Crippen LogP contribution in [0.5, 0.6) is 0 Å². The van der Waals surface area contributed by atoms with Gasteiger partial charge < -0.3 is 20.5 Å². The topological polar surface area (TPSA) is 73.1 Å². The van der Waals surface area contributed by atoms with Crippen LogP contribution in [0.4, 0.5) is 4.39 Å². The van der Waals surface area contributed by atoms with E-state index in [-0.39, 0.29) is 36.3 Å². The second kappa shape index (κ2) is 9.78. The van der Waals surface area contributed by atoms with Crippen LogP contribution in [-0.4, -0.2) is 60.0 Å². The summed E-state index contributed by atoms with van der Waals surface area (Å²) < 4.78 is 13.5. The van der Waals surface area contributed by atoms with Crippen molar-refractivity contribution in [1.82, 2.24) is 25.5 Å². The third kappa shape index (κ3) is 5.04. The number of nitrogens with zero attached hydrogens (tertiary/aromatic N) is 2. The van der Waals surface area contributed by atoms with Gasteiger partial charge in [-0.1, -0.05) is 0 Å². The predicted molar refractivity (Wildman–Crippen MR) is 96.8 cm³/mol. The number of fused-ring (bicyclic) bond motifs is 1. The van der Waals surface area contributed by atoms with Gasteiger partial charge in [-0.2, -0.15) is 0 Å². The molecule has 24 heavy (non-hydrogen) atoms. The molecule has 0 saturated carbocycles. The fourth-order valence-electron chi connectivity index (χ4n) is 2.72. The molecule has 0 atom stereocenters. The second-order valence-electron chi connectivity index (χ2n) is 5.45. The second-order valence-corrected chi connectivity index (χ2v) is 5.45. The van der Waals surface area contributed by atoms with Crippen molar-refractivity contribution in [3.8, 4) is 0 Å². The van der Waals surface area contributed by atoms with Crippen LogP contribution in [0.15, 0.2) is 18.5 Å². The van der Waals surface area contributed by atoms with Crippen molar-refractivity contribution in [3.05, 3.63) is 29.8 Å². The van der Waals surface area contributed by atoms with Gasteiger partial charge in [-0.25, -0.2) is 9.37 Å². The van der Waals surface area contributed by atoms with E-state index in [4.69, 9.17) is 0 Å². The van der Waals surface area contributed by atoms with E-state index in [1.165, 1.54) is 18.5 Å². The molecule has 1 aromatic carbocycles. The van der Waals surface area contributed by atoms with Gasteiger partial charge in [0.15, 0.2) is 0 Å². The largest absolute Gasteiger partial charge is 0.352 e. The molecule has 9 heteroatoms. The summed E-state index contributed by atoms with van der Waals surface area (Å²) in [5.74, 6) is -0.723. The van der Waals surface area contributed by atoms with E-state index >= 15 is 0 Å². The summed E-state index contributed by atoms with van der Waals surface area (Å²) in [7, 11) is 0. The van der Waals surface area contributed by atoms with Gasteiger partial charge >= 0.3 is 0 Å². The lowest BCUT2D eigenvalue weighted by atomic mass is 10.1. The summed E-state index contributed by atoms with van der Waals surface area (Å²) in [4.78, 5) is 21.5. The average Bonchev–Trinajstić information content (AvgIpc) is 2.99. The number of nitrogens with one attached hydrogen (secondary N) is 3.